The summed E-state index contributed by atoms with van der Waals surface area (Å²) in [6.07, 6.45) is 1.61. The van der Waals surface area contributed by atoms with Crippen LogP contribution in [0.15, 0.2) is 41.5 Å². The van der Waals surface area contributed by atoms with Crippen molar-refractivity contribution in [1.29, 1.82) is 0 Å². The van der Waals surface area contributed by atoms with Crippen molar-refractivity contribution in [1.82, 2.24) is 10.7 Å². The summed E-state index contributed by atoms with van der Waals surface area (Å²) in [6, 6.07) is 10.2. The van der Waals surface area contributed by atoms with Crippen LogP contribution in [0.25, 0.3) is 0 Å². The van der Waals surface area contributed by atoms with Crippen molar-refractivity contribution < 1.29 is 14.3 Å². The van der Waals surface area contributed by atoms with Gasteiger partial charge in [0, 0.05) is 18.5 Å². The molecule has 0 atom stereocenters. The molecule has 0 saturated heterocycles. The lowest BCUT2D eigenvalue weighted by Crippen LogP contribution is -2.29. The number of ether oxygens (including phenoxy) is 1. The maximum atomic E-state index is 12.0. The minimum atomic E-state index is -0.336. The standard InChI is InChI=1S/C19H19Cl2N3O3/c1-12-3-4-13(9-17(12)27-2)11-23-24-18(25)7-8-22-19(26)14-5-6-15(20)16(21)10-14/h3-6,9-11H,7-8H2,1-2H3,(H,22,26)(H,24,25). The second kappa shape index (κ2) is 9.94. The van der Waals surface area contributed by atoms with E-state index >= 15 is 0 Å². The van der Waals surface area contributed by atoms with Gasteiger partial charge in [-0.1, -0.05) is 35.3 Å². The van der Waals surface area contributed by atoms with E-state index in [0.717, 1.165) is 16.9 Å². The SMILES string of the molecule is COc1cc(C=NNC(=O)CCNC(=O)c2ccc(Cl)c(Cl)c2)ccc1C. The van der Waals surface area contributed by atoms with Gasteiger partial charge < -0.3 is 10.1 Å². The summed E-state index contributed by atoms with van der Waals surface area (Å²) >= 11 is 11.7. The normalized spacial score (nSPS) is 10.7. The molecule has 0 unspecified atom stereocenters. The van der Waals surface area contributed by atoms with Crippen LogP contribution in [-0.2, 0) is 4.79 Å². The third-order valence-corrected chi connectivity index (χ3v) is 4.39. The summed E-state index contributed by atoms with van der Waals surface area (Å²) < 4.78 is 5.23. The largest absolute Gasteiger partial charge is 0.496 e. The van der Waals surface area contributed by atoms with Crippen molar-refractivity contribution in [3.63, 3.8) is 0 Å². The molecule has 0 aliphatic rings. The monoisotopic (exact) mass is 407 g/mol. The summed E-state index contributed by atoms with van der Waals surface area (Å²) in [5.74, 6) is 0.0895. The molecule has 142 valence electrons. The van der Waals surface area contributed by atoms with Crippen LogP contribution in [0.3, 0.4) is 0 Å². The number of nitrogens with one attached hydrogen (secondary N) is 2. The Labute approximate surface area is 167 Å². The number of halogens is 2. The first-order chi connectivity index (χ1) is 12.9. The number of carbonyl (C=O) groups excluding carboxylic acids is 2. The summed E-state index contributed by atoms with van der Waals surface area (Å²) in [4.78, 5) is 23.8. The summed E-state index contributed by atoms with van der Waals surface area (Å²) in [5, 5.41) is 7.20. The topological polar surface area (TPSA) is 79.8 Å². The summed E-state index contributed by atoms with van der Waals surface area (Å²) in [7, 11) is 1.59. The van der Waals surface area contributed by atoms with E-state index in [1.165, 1.54) is 12.3 Å². The zero-order chi connectivity index (χ0) is 19.8. The van der Waals surface area contributed by atoms with E-state index in [1.54, 1.807) is 19.2 Å². The predicted octanol–water partition coefficient (Wildman–Crippen LogP) is 3.58. The Morgan fingerprint density at radius 3 is 2.63 bits per heavy atom. The molecule has 6 nitrogen and oxygen atoms in total. The molecule has 0 saturated carbocycles. The molecule has 27 heavy (non-hydrogen) atoms. The lowest BCUT2D eigenvalue weighted by molar-refractivity contribution is -0.120. The van der Waals surface area contributed by atoms with E-state index in [-0.39, 0.29) is 24.8 Å². The third kappa shape index (κ3) is 6.27. The smallest absolute Gasteiger partial charge is 0.251 e. The van der Waals surface area contributed by atoms with Gasteiger partial charge in [-0.3, -0.25) is 9.59 Å². The van der Waals surface area contributed by atoms with Crippen LogP contribution >= 0.6 is 23.2 Å². The molecule has 0 heterocycles. The van der Waals surface area contributed by atoms with E-state index in [4.69, 9.17) is 27.9 Å². The number of hydrogen-bond donors (Lipinski definition) is 2. The molecular weight excluding hydrogens is 389 g/mol. The van der Waals surface area contributed by atoms with Gasteiger partial charge in [0.25, 0.3) is 5.91 Å². The molecule has 2 N–H and O–H groups in total. The molecule has 2 amide bonds. The maximum absolute atomic E-state index is 12.0. The lowest BCUT2D eigenvalue weighted by Gasteiger charge is -2.06. The molecule has 0 spiro atoms. The van der Waals surface area contributed by atoms with E-state index in [2.05, 4.69) is 15.8 Å². The minimum Gasteiger partial charge on any atom is -0.496 e. The van der Waals surface area contributed by atoms with Crippen molar-refractivity contribution in [3.8, 4) is 5.75 Å². The van der Waals surface area contributed by atoms with E-state index in [1.807, 2.05) is 25.1 Å². The summed E-state index contributed by atoms with van der Waals surface area (Å²) in [6.45, 7) is 2.10. The van der Waals surface area contributed by atoms with Gasteiger partial charge in [0.05, 0.1) is 23.4 Å². The fraction of sp³-hybridized carbons (Fsp3) is 0.211. The zero-order valence-electron chi connectivity index (χ0n) is 14.9. The van der Waals surface area contributed by atoms with Crippen molar-refractivity contribution in [2.75, 3.05) is 13.7 Å². The van der Waals surface area contributed by atoms with Crippen LogP contribution in [0.2, 0.25) is 10.0 Å². The lowest BCUT2D eigenvalue weighted by atomic mass is 10.1. The fourth-order valence-electron chi connectivity index (χ4n) is 2.18. The molecule has 2 aromatic rings. The van der Waals surface area contributed by atoms with Gasteiger partial charge in [0.2, 0.25) is 5.91 Å². The Hall–Kier alpha value is -2.57. The van der Waals surface area contributed by atoms with Gasteiger partial charge >= 0.3 is 0 Å². The second-order valence-electron chi connectivity index (χ2n) is 5.66. The fourth-order valence-corrected chi connectivity index (χ4v) is 2.48. The van der Waals surface area contributed by atoms with Gasteiger partial charge in [-0.2, -0.15) is 5.10 Å². The number of benzene rings is 2. The number of rotatable bonds is 7. The minimum absolute atomic E-state index is 0.0849. The van der Waals surface area contributed by atoms with Crippen molar-refractivity contribution >= 4 is 41.2 Å². The molecule has 0 fully saturated rings. The van der Waals surface area contributed by atoms with Crippen molar-refractivity contribution in [2.45, 2.75) is 13.3 Å². The number of hydrazone groups is 1. The Morgan fingerprint density at radius 2 is 1.93 bits per heavy atom. The highest BCUT2D eigenvalue weighted by molar-refractivity contribution is 6.42. The van der Waals surface area contributed by atoms with Crippen LogP contribution < -0.4 is 15.5 Å². The van der Waals surface area contributed by atoms with Crippen molar-refractivity contribution in [2.24, 2.45) is 5.10 Å². The molecule has 0 bridgehead atoms. The summed E-state index contributed by atoms with van der Waals surface area (Å²) in [5.41, 5.74) is 4.59. The maximum Gasteiger partial charge on any atom is 0.251 e. The highest BCUT2D eigenvalue weighted by atomic mass is 35.5. The Kier molecular flexibility index (Phi) is 7.64. The van der Waals surface area contributed by atoms with Gasteiger partial charge in [0.15, 0.2) is 0 Å². The molecule has 2 rings (SSSR count). The number of hydrogen-bond acceptors (Lipinski definition) is 4. The average Bonchev–Trinajstić information content (AvgIpc) is 2.65. The molecular formula is C19H19Cl2N3O3. The predicted molar refractivity (Wildman–Crippen MR) is 107 cm³/mol. The second-order valence-corrected chi connectivity index (χ2v) is 6.47. The highest BCUT2D eigenvalue weighted by Gasteiger charge is 2.08. The van der Waals surface area contributed by atoms with E-state index < -0.39 is 0 Å². The highest BCUT2D eigenvalue weighted by Crippen LogP contribution is 2.22. The third-order valence-electron chi connectivity index (χ3n) is 3.65. The van der Waals surface area contributed by atoms with E-state index in [0.29, 0.717) is 15.6 Å². The molecule has 8 heteroatoms. The van der Waals surface area contributed by atoms with Crippen LogP contribution in [0.5, 0.6) is 5.75 Å². The van der Waals surface area contributed by atoms with Gasteiger partial charge in [0.1, 0.15) is 5.75 Å². The number of methoxy groups -OCH3 is 1. The molecule has 0 aliphatic heterocycles. The quantitative estimate of drug-likeness (QED) is 0.543. The Bertz CT molecular complexity index is 869. The van der Waals surface area contributed by atoms with Gasteiger partial charge in [-0.05, 0) is 42.3 Å². The van der Waals surface area contributed by atoms with E-state index in [9.17, 15) is 9.59 Å². The van der Waals surface area contributed by atoms with Crippen LogP contribution in [-0.4, -0.2) is 31.7 Å². The van der Waals surface area contributed by atoms with Gasteiger partial charge in [-0.15, -0.1) is 0 Å². The first-order valence-electron chi connectivity index (χ1n) is 8.10. The Balaban J connectivity index is 1.77. The van der Waals surface area contributed by atoms with Crippen molar-refractivity contribution in [3.05, 3.63) is 63.1 Å². The Morgan fingerprint density at radius 1 is 1.15 bits per heavy atom. The number of amides is 2. The number of aryl methyl sites for hydroxylation is 1. The van der Waals surface area contributed by atoms with Crippen LogP contribution in [0.1, 0.15) is 27.9 Å². The number of nitrogens with zero attached hydrogens (tertiary/aromatic N) is 1. The zero-order valence-corrected chi connectivity index (χ0v) is 16.4. The average molecular weight is 408 g/mol. The first kappa shape index (κ1) is 20.7. The molecule has 0 radical (unpaired) electrons. The van der Waals surface area contributed by atoms with Crippen LogP contribution in [0, 0.1) is 6.92 Å². The molecule has 2 aromatic carbocycles. The first-order valence-corrected chi connectivity index (χ1v) is 8.86. The molecule has 0 aromatic heterocycles. The van der Waals surface area contributed by atoms with Gasteiger partial charge in [-0.25, -0.2) is 5.43 Å². The molecule has 0 aliphatic carbocycles. The number of carbonyl (C=O) groups is 2. The van der Waals surface area contributed by atoms with Crippen LogP contribution in [0.4, 0.5) is 0 Å².